The van der Waals surface area contributed by atoms with Gasteiger partial charge in [0, 0.05) is 17.3 Å². The molecule has 6 nitrogen and oxygen atoms in total. The van der Waals surface area contributed by atoms with Crippen molar-refractivity contribution in [1.82, 2.24) is 9.55 Å². The Kier molecular flexibility index (Phi) is 4.88. The molecule has 0 unspecified atom stereocenters. The molecule has 2 heterocycles. The monoisotopic (exact) mass is 393 g/mol. The number of hydrogen-bond donors (Lipinski definition) is 1. The summed E-state index contributed by atoms with van der Waals surface area (Å²) in [5, 5.41) is 21.8. The van der Waals surface area contributed by atoms with Crippen molar-refractivity contribution in [2.24, 2.45) is 7.05 Å². The minimum Gasteiger partial charge on any atom is -0.507 e. The summed E-state index contributed by atoms with van der Waals surface area (Å²) in [4.78, 5) is 18.2. The van der Waals surface area contributed by atoms with Gasteiger partial charge < -0.3 is 14.4 Å². The van der Waals surface area contributed by atoms with Crippen LogP contribution in [-0.4, -0.2) is 27.2 Å². The molecule has 142 valence electrons. The van der Waals surface area contributed by atoms with Crippen molar-refractivity contribution in [3.05, 3.63) is 57.2 Å². The Balaban J connectivity index is 1.57. The summed E-state index contributed by atoms with van der Waals surface area (Å²) < 4.78 is 7.04. The molecule has 0 bridgehead atoms. The van der Waals surface area contributed by atoms with E-state index in [-0.39, 0.29) is 17.9 Å². The number of thiophene rings is 1. The highest BCUT2D eigenvalue weighted by molar-refractivity contribution is 7.10. The molecule has 3 aromatic rings. The van der Waals surface area contributed by atoms with Crippen molar-refractivity contribution in [3.63, 3.8) is 0 Å². The molecule has 1 aliphatic rings. The Morgan fingerprint density at radius 2 is 2.14 bits per heavy atom. The smallest absolute Gasteiger partial charge is 0.339 e. The predicted molar refractivity (Wildman–Crippen MR) is 107 cm³/mol. The fourth-order valence-corrected chi connectivity index (χ4v) is 4.68. The fraction of sp³-hybridized carbons (Fsp3) is 0.286. The number of aliphatic hydroxyl groups excluding tert-OH is 1. The third kappa shape index (κ3) is 3.16. The Hall–Kier alpha value is -3.11. The maximum Gasteiger partial charge on any atom is 0.339 e. The van der Waals surface area contributed by atoms with Crippen LogP contribution in [0.2, 0.25) is 0 Å². The average molecular weight is 393 g/mol. The quantitative estimate of drug-likeness (QED) is 0.408. The molecule has 1 N–H and O–H groups in total. The zero-order valence-corrected chi connectivity index (χ0v) is 16.3. The van der Waals surface area contributed by atoms with Crippen LogP contribution in [0, 0.1) is 11.3 Å². The molecule has 1 aromatic carbocycles. The maximum atomic E-state index is 12.5. The van der Waals surface area contributed by atoms with Gasteiger partial charge in [-0.05, 0) is 43.4 Å². The van der Waals surface area contributed by atoms with Crippen molar-refractivity contribution in [2.45, 2.75) is 25.7 Å². The van der Waals surface area contributed by atoms with Crippen LogP contribution in [0.1, 0.15) is 39.5 Å². The largest absolute Gasteiger partial charge is 0.507 e. The van der Waals surface area contributed by atoms with Gasteiger partial charge in [-0.1, -0.05) is 12.1 Å². The van der Waals surface area contributed by atoms with Gasteiger partial charge in [-0.2, -0.15) is 5.26 Å². The number of nitriles is 1. The van der Waals surface area contributed by atoms with Crippen LogP contribution in [0.25, 0.3) is 16.6 Å². The van der Waals surface area contributed by atoms with Gasteiger partial charge >= 0.3 is 5.97 Å². The number of allylic oxidation sites excluding steroid dienone is 1. The van der Waals surface area contributed by atoms with Gasteiger partial charge in [0.2, 0.25) is 0 Å². The standard InChI is InChI=1S/C21H19N3O3S/c1-24-17-8-4-3-7-16(17)23-20(24)14(10-22)18(25)11-27-21(26)15-12-28-19-9-5-2-6-13(15)19/h3-4,7-8,12,25H,2,5-6,9,11H2,1H3/b18-14-. The number of para-hydroxylation sites is 2. The second-order valence-corrected chi connectivity index (χ2v) is 7.72. The number of carbonyl (C=O) groups is 1. The molecule has 0 spiro atoms. The lowest BCUT2D eigenvalue weighted by Gasteiger charge is -2.12. The number of nitrogens with zero attached hydrogens (tertiary/aromatic N) is 3. The predicted octanol–water partition coefficient (Wildman–Crippen LogP) is 4.16. The minimum atomic E-state index is -0.465. The molecule has 0 amide bonds. The molecular formula is C21H19N3O3S. The van der Waals surface area contributed by atoms with Crippen molar-refractivity contribution in [3.8, 4) is 6.07 Å². The highest BCUT2D eigenvalue weighted by Crippen LogP contribution is 2.30. The second-order valence-electron chi connectivity index (χ2n) is 6.75. The van der Waals surface area contributed by atoms with Crippen LogP contribution in [0.15, 0.2) is 35.4 Å². The average Bonchev–Trinajstić information content (AvgIpc) is 3.29. The molecule has 2 aromatic heterocycles. The maximum absolute atomic E-state index is 12.5. The van der Waals surface area contributed by atoms with Crippen molar-refractivity contribution in [1.29, 1.82) is 5.26 Å². The van der Waals surface area contributed by atoms with Gasteiger partial charge in [0.1, 0.15) is 18.2 Å². The van der Waals surface area contributed by atoms with Crippen molar-refractivity contribution < 1.29 is 14.6 Å². The molecule has 0 fully saturated rings. The lowest BCUT2D eigenvalue weighted by Crippen LogP contribution is -2.12. The summed E-state index contributed by atoms with van der Waals surface area (Å²) in [7, 11) is 1.78. The molecule has 0 aliphatic heterocycles. The highest BCUT2D eigenvalue weighted by Gasteiger charge is 2.22. The van der Waals surface area contributed by atoms with Crippen molar-refractivity contribution >= 4 is 33.9 Å². The normalized spacial score (nSPS) is 14.3. The zero-order chi connectivity index (χ0) is 19.7. The van der Waals surface area contributed by atoms with Crippen LogP contribution in [0.4, 0.5) is 0 Å². The number of ether oxygens (including phenoxy) is 1. The number of fused-ring (bicyclic) bond motifs is 2. The highest BCUT2D eigenvalue weighted by atomic mass is 32.1. The number of carbonyl (C=O) groups excluding carboxylic acids is 1. The summed E-state index contributed by atoms with van der Waals surface area (Å²) in [5.74, 6) is -0.434. The van der Waals surface area contributed by atoms with Crippen LogP contribution in [-0.2, 0) is 24.6 Å². The number of benzene rings is 1. The van der Waals surface area contributed by atoms with Gasteiger partial charge in [-0.25, -0.2) is 9.78 Å². The van der Waals surface area contributed by atoms with Crippen LogP contribution < -0.4 is 0 Å². The number of aryl methyl sites for hydroxylation is 2. The molecular weight excluding hydrogens is 374 g/mol. The summed E-state index contributed by atoms with van der Waals surface area (Å²) >= 11 is 1.59. The van der Waals surface area contributed by atoms with Gasteiger partial charge in [0.15, 0.2) is 11.6 Å². The van der Waals surface area contributed by atoms with Crippen LogP contribution >= 0.6 is 11.3 Å². The van der Waals surface area contributed by atoms with E-state index < -0.39 is 5.97 Å². The number of hydrogen-bond acceptors (Lipinski definition) is 6. The Morgan fingerprint density at radius 3 is 2.93 bits per heavy atom. The molecule has 1 aliphatic carbocycles. The van der Waals surface area contributed by atoms with E-state index in [0.29, 0.717) is 11.4 Å². The first-order valence-corrected chi connectivity index (χ1v) is 9.98. The van der Waals surface area contributed by atoms with Gasteiger partial charge in [0.05, 0.1) is 16.6 Å². The summed E-state index contributed by atoms with van der Waals surface area (Å²) in [6.07, 6.45) is 4.10. The van der Waals surface area contributed by atoms with E-state index in [9.17, 15) is 15.2 Å². The van der Waals surface area contributed by atoms with Gasteiger partial charge in [-0.15, -0.1) is 11.3 Å². The van der Waals surface area contributed by atoms with E-state index in [1.807, 2.05) is 35.7 Å². The topological polar surface area (TPSA) is 88.1 Å². The van der Waals surface area contributed by atoms with Crippen LogP contribution in [0.3, 0.4) is 0 Å². The molecule has 0 radical (unpaired) electrons. The van der Waals surface area contributed by atoms with E-state index >= 15 is 0 Å². The first kappa shape index (κ1) is 18.3. The third-order valence-corrected chi connectivity index (χ3v) is 6.12. The first-order valence-electron chi connectivity index (χ1n) is 9.10. The van der Waals surface area contributed by atoms with E-state index in [1.165, 1.54) is 4.88 Å². The zero-order valence-electron chi connectivity index (χ0n) is 15.4. The number of rotatable bonds is 4. The lowest BCUT2D eigenvalue weighted by molar-refractivity contribution is 0.0502. The SMILES string of the molecule is Cn1c(/C(C#N)=C(\O)COC(=O)c2csc3c2CCCC3)nc2ccccc21. The Labute approximate surface area is 166 Å². The van der Waals surface area contributed by atoms with Crippen molar-refractivity contribution in [2.75, 3.05) is 6.61 Å². The number of aliphatic hydroxyl groups is 1. The molecule has 28 heavy (non-hydrogen) atoms. The second kappa shape index (κ2) is 7.49. The van der Waals surface area contributed by atoms with E-state index in [0.717, 1.165) is 42.3 Å². The van der Waals surface area contributed by atoms with E-state index in [4.69, 9.17) is 4.74 Å². The number of esters is 1. The van der Waals surface area contributed by atoms with Gasteiger partial charge in [0.25, 0.3) is 0 Å². The summed E-state index contributed by atoms with van der Waals surface area (Å²) in [6.45, 7) is -0.366. The Morgan fingerprint density at radius 1 is 1.36 bits per heavy atom. The van der Waals surface area contributed by atoms with Crippen LogP contribution in [0.5, 0.6) is 0 Å². The van der Waals surface area contributed by atoms with E-state index in [1.54, 1.807) is 23.0 Å². The third-order valence-electron chi connectivity index (χ3n) is 5.03. The first-order chi connectivity index (χ1) is 13.6. The Bertz CT molecular complexity index is 1130. The molecule has 0 saturated carbocycles. The summed E-state index contributed by atoms with van der Waals surface area (Å²) in [6, 6.07) is 9.45. The lowest BCUT2D eigenvalue weighted by atomic mass is 9.96. The molecule has 7 heteroatoms. The molecule has 0 saturated heterocycles. The molecule has 4 rings (SSSR count). The minimum absolute atomic E-state index is 0.00107. The fourth-order valence-electron chi connectivity index (χ4n) is 3.56. The summed E-state index contributed by atoms with van der Waals surface area (Å²) in [5.41, 5.74) is 3.22. The number of aromatic nitrogens is 2. The number of imidazole rings is 1. The molecule has 0 atom stereocenters. The van der Waals surface area contributed by atoms with E-state index in [2.05, 4.69) is 4.98 Å². The van der Waals surface area contributed by atoms with Gasteiger partial charge in [-0.3, -0.25) is 0 Å².